The summed E-state index contributed by atoms with van der Waals surface area (Å²) < 4.78 is 25.2. The van der Waals surface area contributed by atoms with Gasteiger partial charge in [-0.3, -0.25) is 4.79 Å². The van der Waals surface area contributed by atoms with Gasteiger partial charge in [-0.25, -0.2) is 4.39 Å². The summed E-state index contributed by atoms with van der Waals surface area (Å²) in [6.07, 6.45) is 4.39. The number of aryl methyl sites for hydroxylation is 1. The van der Waals surface area contributed by atoms with Crippen molar-refractivity contribution >= 4 is 11.6 Å². The molecule has 0 bridgehead atoms. The van der Waals surface area contributed by atoms with Gasteiger partial charge in [0.25, 0.3) is 5.91 Å². The number of nitrogens with one attached hydrogen (secondary N) is 1. The first-order valence-corrected chi connectivity index (χ1v) is 8.72. The smallest absolute Gasteiger partial charge is 0.251 e. The third-order valence-corrected chi connectivity index (χ3v) is 4.92. The minimum atomic E-state index is -0.373. The largest absolute Gasteiger partial charge is 0.469 e. The molecule has 2 heterocycles. The minimum absolute atomic E-state index is 0.0722. The Labute approximate surface area is 145 Å². The van der Waals surface area contributed by atoms with Crippen molar-refractivity contribution in [3.8, 4) is 0 Å². The van der Waals surface area contributed by atoms with Gasteiger partial charge in [0.1, 0.15) is 11.6 Å². The number of rotatable bonds is 3. The molecule has 1 N–H and O–H groups in total. The van der Waals surface area contributed by atoms with Crippen molar-refractivity contribution in [1.29, 1.82) is 0 Å². The lowest BCUT2D eigenvalue weighted by Gasteiger charge is -2.29. The maximum Gasteiger partial charge on any atom is 0.251 e. The third kappa shape index (κ3) is 3.26. The molecular formula is C19H21FN2O3. The van der Waals surface area contributed by atoms with E-state index in [0.29, 0.717) is 37.6 Å². The molecule has 1 aromatic heterocycles. The second kappa shape index (κ2) is 6.88. The van der Waals surface area contributed by atoms with Gasteiger partial charge >= 0.3 is 0 Å². The van der Waals surface area contributed by atoms with E-state index in [-0.39, 0.29) is 17.8 Å². The fraction of sp³-hybridized carbons (Fsp3) is 0.421. The van der Waals surface area contributed by atoms with Crippen LogP contribution in [0.25, 0.3) is 0 Å². The van der Waals surface area contributed by atoms with Crippen LogP contribution in [0, 0.1) is 5.82 Å². The first kappa shape index (κ1) is 16.1. The zero-order valence-corrected chi connectivity index (χ0v) is 14.0. The van der Waals surface area contributed by atoms with Crippen LogP contribution in [-0.4, -0.2) is 32.2 Å². The van der Waals surface area contributed by atoms with Crippen molar-refractivity contribution in [2.24, 2.45) is 0 Å². The molecule has 2 aromatic rings. The summed E-state index contributed by atoms with van der Waals surface area (Å²) in [6, 6.07) is 6.51. The Hall–Kier alpha value is -2.34. The highest BCUT2D eigenvalue weighted by Gasteiger charge is 2.25. The Morgan fingerprint density at radius 1 is 1.24 bits per heavy atom. The van der Waals surface area contributed by atoms with Crippen LogP contribution in [0.1, 0.15) is 40.6 Å². The number of furan rings is 1. The number of fused-ring (bicyclic) bond motifs is 1. The highest BCUT2D eigenvalue weighted by Crippen LogP contribution is 2.31. The van der Waals surface area contributed by atoms with E-state index < -0.39 is 0 Å². The van der Waals surface area contributed by atoms with Crippen molar-refractivity contribution in [2.45, 2.75) is 25.3 Å². The second-order valence-electron chi connectivity index (χ2n) is 6.48. The number of hydrogen-bond donors (Lipinski definition) is 1. The summed E-state index contributed by atoms with van der Waals surface area (Å²) in [6.45, 7) is 2.51. The Balaban J connectivity index is 1.49. The van der Waals surface area contributed by atoms with Crippen LogP contribution in [0.15, 0.2) is 34.9 Å². The Bertz CT molecular complexity index is 768. The molecule has 1 aromatic carbocycles. The van der Waals surface area contributed by atoms with E-state index in [1.807, 2.05) is 11.0 Å². The number of morpholine rings is 1. The molecule has 5 nitrogen and oxygen atoms in total. The number of nitrogens with zero attached hydrogens (tertiary/aromatic N) is 1. The molecule has 1 unspecified atom stereocenters. The number of carbonyl (C=O) groups excluding carboxylic acids is 1. The highest BCUT2D eigenvalue weighted by molar-refractivity contribution is 5.94. The van der Waals surface area contributed by atoms with Crippen LogP contribution < -0.4 is 10.2 Å². The number of carbonyl (C=O) groups is 1. The molecule has 2 aliphatic rings. The van der Waals surface area contributed by atoms with E-state index in [4.69, 9.17) is 9.15 Å². The van der Waals surface area contributed by atoms with E-state index in [1.54, 1.807) is 18.4 Å². The number of halogens is 1. The molecule has 1 aliphatic heterocycles. The van der Waals surface area contributed by atoms with E-state index >= 15 is 0 Å². The first-order valence-electron chi connectivity index (χ1n) is 8.72. The third-order valence-electron chi connectivity index (χ3n) is 4.92. The van der Waals surface area contributed by atoms with E-state index in [0.717, 1.165) is 30.6 Å². The van der Waals surface area contributed by atoms with Gasteiger partial charge in [0, 0.05) is 30.6 Å². The normalized spacial score (nSPS) is 20.2. The zero-order chi connectivity index (χ0) is 17.2. The van der Waals surface area contributed by atoms with Crippen molar-refractivity contribution in [1.82, 2.24) is 5.32 Å². The quantitative estimate of drug-likeness (QED) is 0.930. The zero-order valence-electron chi connectivity index (χ0n) is 14.0. The molecule has 1 atom stereocenters. The van der Waals surface area contributed by atoms with Crippen LogP contribution in [-0.2, 0) is 11.2 Å². The number of benzene rings is 1. The summed E-state index contributed by atoms with van der Waals surface area (Å²) in [5.41, 5.74) is 1.89. The first-order chi connectivity index (χ1) is 12.2. The van der Waals surface area contributed by atoms with Gasteiger partial charge in [-0.2, -0.15) is 0 Å². The van der Waals surface area contributed by atoms with Gasteiger partial charge in [-0.15, -0.1) is 0 Å². The van der Waals surface area contributed by atoms with E-state index in [1.165, 1.54) is 6.07 Å². The Morgan fingerprint density at radius 3 is 2.88 bits per heavy atom. The van der Waals surface area contributed by atoms with Crippen LogP contribution in [0.5, 0.6) is 0 Å². The standard InChI is InChI=1S/C19H21FN2O3/c20-15-12-13(4-5-17(15)22-7-10-24-11-8-22)19(23)21-16-2-1-3-18-14(16)6-9-25-18/h4-6,9,12,16H,1-3,7-8,10-11H2,(H,21,23). The number of hydrogen-bond acceptors (Lipinski definition) is 4. The maximum absolute atomic E-state index is 14.5. The summed E-state index contributed by atoms with van der Waals surface area (Å²) in [7, 11) is 0. The van der Waals surface area contributed by atoms with Gasteiger partial charge in [0.2, 0.25) is 0 Å². The second-order valence-corrected chi connectivity index (χ2v) is 6.48. The lowest BCUT2D eigenvalue weighted by atomic mass is 9.93. The molecule has 1 fully saturated rings. The molecule has 25 heavy (non-hydrogen) atoms. The van der Waals surface area contributed by atoms with Crippen LogP contribution in [0.3, 0.4) is 0 Å². The molecule has 0 radical (unpaired) electrons. The average Bonchev–Trinajstić information content (AvgIpc) is 3.12. The fourth-order valence-electron chi connectivity index (χ4n) is 3.59. The van der Waals surface area contributed by atoms with Crippen molar-refractivity contribution in [2.75, 3.05) is 31.2 Å². The molecule has 1 aliphatic carbocycles. The predicted octanol–water partition coefficient (Wildman–Crippen LogP) is 3.06. The van der Waals surface area contributed by atoms with Gasteiger partial charge in [0.05, 0.1) is 31.2 Å². The van der Waals surface area contributed by atoms with E-state index in [2.05, 4.69) is 5.32 Å². The molecule has 0 saturated carbocycles. The van der Waals surface area contributed by atoms with Crippen molar-refractivity contribution in [3.63, 3.8) is 0 Å². The summed E-state index contributed by atoms with van der Waals surface area (Å²) in [5, 5.41) is 3.00. The summed E-state index contributed by atoms with van der Waals surface area (Å²) in [4.78, 5) is 14.5. The SMILES string of the molecule is O=C(NC1CCCc2occc21)c1ccc(N2CCOCC2)c(F)c1. The van der Waals surface area contributed by atoms with Crippen molar-refractivity contribution < 1.29 is 18.3 Å². The molecule has 0 spiro atoms. The van der Waals surface area contributed by atoms with Crippen molar-refractivity contribution in [3.05, 3.63) is 53.2 Å². The lowest BCUT2D eigenvalue weighted by molar-refractivity contribution is 0.0931. The van der Waals surface area contributed by atoms with Gasteiger partial charge in [-0.05, 0) is 37.1 Å². The monoisotopic (exact) mass is 344 g/mol. The molecule has 132 valence electrons. The number of amides is 1. The number of ether oxygens (including phenoxy) is 1. The summed E-state index contributed by atoms with van der Waals surface area (Å²) in [5.74, 6) is 0.305. The molecule has 6 heteroatoms. The molecule has 1 amide bonds. The molecular weight excluding hydrogens is 323 g/mol. The van der Waals surface area contributed by atoms with E-state index in [9.17, 15) is 9.18 Å². The highest BCUT2D eigenvalue weighted by atomic mass is 19.1. The van der Waals surface area contributed by atoms with Gasteiger partial charge < -0.3 is 19.4 Å². The Morgan fingerprint density at radius 2 is 2.08 bits per heavy atom. The van der Waals surface area contributed by atoms with Gasteiger partial charge in [-0.1, -0.05) is 0 Å². The summed E-state index contributed by atoms with van der Waals surface area (Å²) >= 11 is 0. The fourth-order valence-corrected chi connectivity index (χ4v) is 3.59. The Kier molecular flexibility index (Phi) is 4.44. The minimum Gasteiger partial charge on any atom is -0.469 e. The predicted molar refractivity (Wildman–Crippen MR) is 91.3 cm³/mol. The van der Waals surface area contributed by atoms with Crippen LogP contribution in [0.2, 0.25) is 0 Å². The maximum atomic E-state index is 14.5. The van der Waals surface area contributed by atoms with Crippen LogP contribution in [0.4, 0.5) is 10.1 Å². The molecule has 4 rings (SSSR count). The molecule has 1 saturated heterocycles. The number of anilines is 1. The van der Waals surface area contributed by atoms with Gasteiger partial charge in [0.15, 0.2) is 0 Å². The van der Waals surface area contributed by atoms with Crippen LogP contribution >= 0.6 is 0 Å². The average molecular weight is 344 g/mol. The topological polar surface area (TPSA) is 54.7 Å². The lowest BCUT2D eigenvalue weighted by Crippen LogP contribution is -2.37.